The summed E-state index contributed by atoms with van der Waals surface area (Å²) in [5.41, 5.74) is 0. The first kappa shape index (κ1) is 19.4. The molecule has 3 saturated heterocycles. The maximum absolute atomic E-state index is 10.5. The van der Waals surface area contributed by atoms with Gasteiger partial charge in [0.15, 0.2) is 18.4 Å². The number of hydrogen-bond donors (Lipinski definition) is 5. The number of hydrogen-bond acceptors (Lipinski definition) is 10. The highest BCUT2D eigenvalue weighted by Gasteiger charge is 2.54. The zero-order valence-corrected chi connectivity index (χ0v) is 14.4. The molecule has 3 aliphatic rings. The first-order chi connectivity index (χ1) is 11.8. The van der Waals surface area contributed by atoms with E-state index in [1.54, 1.807) is 13.8 Å². The molecule has 0 aromatic carbocycles. The zero-order chi connectivity index (χ0) is 18.4. The Morgan fingerprint density at radius 3 is 2.32 bits per heavy atom. The van der Waals surface area contributed by atoms with E-state index in [0.29, 0.717) is 0 Å². The lowest BCUT2D eigenvalue weighted by atomic mass is 9.96. The highest BCUT2D eigenvalue weighted by Crippen LogP contribution is 2.36. The van der Waals surface area contributed by atoms with Crippen molar-refractivity contribution in [3.8, 4) is 0 Å². The summed E-state index contributed by atoms with van der Waals surface area (Å²) >= 11 is 0. The topological polar surface area (TPSA) is 139 Å². The van der Waals surface area contributed by atoms with Gasteiger partial charge in [-0.05, 0) is 13.8 Å². The molecule has 0 aromatic heterocycles. The van der Waals surface area contributed by atoms with Gasteiger partial charge in [-0.3, -0.25) is 0 Å². The Morgan fingerprint density at radius 1 is 1.00 bits per heavy atom. The van der Waals surface area contributed by atoms with Crippen molar-refractivity contribution >= 4 is 0 Å². The molecule has 3 rings (SSSR count). The highest BCUT2D eigenvalue weighted by atomic mass is 16.8. The van der Waals surface area contributed by atoms with Gasteiger partial charge in [-0.15, -0.1) is 0 Å². The first-order valence-electron chi connectivity index (χ1n) is 8.35. The minimum atomic E-state index is -1.15. The normalized spacial score (nSPS) is 49.3. The Hall–Kier alpha value is -0.400. The number of rotatable bonds is 5. The number of aliphatic hydroxyl groups is 4. The molecular weight excluding hydrogens is 338 g/mol. The Bertz CT molecular complexity index is 464. The highest BCUT2D eigenvalue weighted by molar-refractivity contribution is 4.99. The van der Waals surface area contributed by atoms with Gasteiger partial charge in [0, 0.05) is 13.7 Å². The number of ether oxygens (including phenoxy) is 5. The minimum Gasteiger partial charge on any atom is -0.394 e. The maximum atomic E-state index is 10.5. The van der Waals surface area contributed by atoms with Crippen molar-refractivity contribution in [3.05, 3.63) is 0 Å². The maximum Gasteiger partial charge on any atom is 0.189 e. The molecule has 10 nitrogen and oxygen atoms in total. The summed E-state index contributed by atoms with van der Waals surface area (Å²) in [4.78, 5) is 0. The van der Waals surface area contributed by atoms with Crippen LogP contribution in [0, 0.1) is 0 Å². The monoisotopic (exact) mass is 365 g/mol. The molecule has 10 heteroatoms. The van der Waals surface area contributed by atoms with Crippen molar-refractivity contribution in [1.29, 1.82) is 0 Å². The Labute approximate surface area is 145 Å². The van der Waals surface area contributed by atoms with Gasteiger partial charge in [0.2, 0.25) is 0 Å². The molecule has 5 N–H and O–H groups in total. The molecule has 0 radical (unpaired) electrons. The molecule has 0 aromatic rings. The van der Waals surface area contributed by atoms with Crippen molar-refractivity contribution in [2.75, 3.05) is 20.3 Å². The third-order valence-corrected chi connectivity index (χ3v) is 4.79. The fraction of sp³-hybridized carbons (Fsp3) is 1.00. The predicted octanol–water partition coefficient (Wildman–Crippen LogP) is -2.73. The summed E-state index contributed by atoms with van der Waals surface area (Å²) < 4.78 is 27.4. The van der Waals surface area contributed by atoms with Crippen LogP contribution in [0.15, 0.2) is 0 Å². The molecule has 0 unspecified atom stereocenters. The number of aliphatic hydroxyl groups excluding tert-OH is 4. The van der Waals surface area contributed by atoms with Gasteiger partial charge >= 0.3 is 0 Å². The van der Waals surface area contributed by atoms with Crippen molar-refractivity contribution in [2.24, 2.45) is 0 Å². The van der Waals surface area contributed by atoms with Crippen LogP contribution >= 0.6 is 0 Å². The van der Waals surface area contributed by atoms with Crippen LogP contribution in [0.4, 0.5) is 0 Å². The van der Waals surface area contributed by atoms with E-state index in [4.69, 9.17) is 23.7 Å². The smallest absolute Gasteiger partial charge is 0.189 e. The van der Waals surface area contributed by atoms with Crippen LogP contribution in [0.5, 0.6) is 0 Å². The zero-order valence-electron chi connectivity index (χ0n) is 14.4. The van der Waals surface area contributed by atoms with E-state index in [2.05, 4.69) is 5.32 Å². The molecule has 0 aliphatic carbocycles. The molecule has 3 heterocycles. The van der Waals surface area contributed by atoms with Crippen molar-refractivity contribution in [1.82, 2.24) is 5.32 Å². The largest absolute Gasteiger partial charge is 0.394 e. The van der Waals surface area contributed by atoms with Gasteiger partial charge < -0.3 is 49.4 Å². The molecule has 25 heavy (non-hydrogen) atoms. The Morgan fingerprint density at radius 2 is 1.72 bits per heavy atom. The summed E-state index contributed by atoms with van der Waals surface area (Å²) in [6.45, 7) is 3.22. The van der Waals surface area contributed by atoms with Crippen LogP contribution in [0.2, 0.25) is 0 Å². The Kier molecular flexibility index (Phi) is 5.66. The lowest BCUT2D eigenvalue weighted by Crippen LogP contribution is -2.63. The van der Waals surface area contributed by atoms with Crippen LogP contribution < -0.4 is 5.32 Å². The standard InChI is InChI=1S/C15H27NO9/c1-15(2)24-12-8(9(18)7(5-17)23-14(12)25-15)16-4-6-10(19)11(20)13(21-3)22-6/h6-14,16-20H,4-5H2,1-3H3/t6-,7-,8-,9-,10-,11-,12-,13-,14-/m1/s1. The molecule has 146 valence electrons. The van der Waals surface area contributed by atoms with E-state index in [0.717, 1.165) is 0 Å². The lowest BCUT2D eigenvalue weighted by Gasteiger charge is -2.40. The van der Waals surface area contributed by atoms with Crippen molar-refractivity contribution < 1.29 is 44.1 Å². The van der Waals surface area contributed by atoms with Gasteiger partial charge in [-0.25, -0.2) is 0 Å². The van der Waals surface area contributed by atoms with E-state index in [1.165, 1.54) is 7.11 Å². The molecule has 9 atom stereocenters. The molecule has 3 aliphatic heterocycles. The van der Waals surface area contributed by atoms with Gasteiger partial charge in [0.1, 0.15) is 36.6 Å². The van der Waals surface area contributed by atoms with Gasteiger partial charge in [-0.2, -0.15) is 0 Å². The van der Waals surface area contributed by atoms with Gasteiger partial charge in [0.25, 0.3) is 0 Å². The molecule has 3 fully saturated rings. The molecule has 0 amide bonds. The summed E-state index contributed by atoms with van der Waals surface area (Å²) in [5, 5.41) is 42.9. The van der Waals surface area contributed by atoms with E-state index in [1.807, 2.05) is 0 Å². The fourth-order valence-electron chi connectivity index (χ4n) is 3.50. The quantitative estimate of drug-likeness (QED) is 0.349. The van der Waals surface area contributed by atoms with E-state index in [9.17, 15) is 20.4 Å². The van der Waals surface area contributed by atoms with E-state index in [-0.39, 0.29) is 13.2 Å². The predicted molar refractivity (Wildman–Crippen MR) is 81.3 cm³/mol. The number of fused-ring (bicyclic) bond motifs is 1. The van der Waals surface area contributed by atoms with Gasteiger partial charge in [-0.1, -0.05) is 0 Å². The van der Waals surface area contributed by atoms with Crippen LogP contribution in [0.25, 0.3) is 0 Å². The van der Waals surface area contributed by atoms with Crippen molar-refractivity contribution in [3.63, 3.8) is 0 Å². The SMILES string of the molecule is CO[C@@H]1O[C@H](CN[C@@H]2[C@H](O)[C@@H](CO)O[C@@H]3OC(C)(C)O[C@@H]32)[C@@H](O)[C@H]1O. The third kappa shape index (κ3) is 3.69. The van der Waals surface area contributed by atoms with Crippen LogP contribution in [0.3, 0.4) is 0 Å². The number of nitrogens with one attached hydrogen (secondary N) is 1. The second-order valence-electron chi connectivity index (χ2n) is 7.01. The average molecular weight is 365 g/mol. The number of methoxy groups -OCH3 is 1. The lowest BCUT2D eigenvalue weighted by molar-refractivity contribution is -0.239. The van der Waals surface area contributed by atoms with Gasteiger partial charge in [0.05, 0.1) is 12.6 Å². The molecule has 0 spiro atoms. The van der Waals surface area contributed by atoms with Crippen LogP contribution in [-0.2, 0) is 23.7 Å². The summed E-state index contributed by atoms with van der Waals surface area (Å²) in [7, 11) is 1.38. The second kappa shape index (κ2) is 7.31. The fourth-order valence-corrected chi connectivity index (χ4v) is 3.50. The van der Waals surface area contributed by atoms with E-state index >= 15 is 0 Å². The van der Waals surface area contributed by atoms with Crippen LogP contribution in [0.1, 0.15) is 13.8 Å². The summed E-state index contributed by atoms with van der Waals surface area (Å²) in [6.07, 6.45) is -7.14. The minimum absolute atomic E-state index is 0.130. The molecule has 0 saturated carbocycles. The van der Waals surface area contributed by atoms with Crippen LogP contribution in [-0.4, -0.2) is 102 Å². The second-order valence-corrected chi connectivity index (χ2v) is 7.01. The molecular formula is C15H27NO9. The van der Waals surface area contributed by atoms with E-state index < -0.39 is 61.0 Å². The third-order valence-electron chi connectivity index (χ3n) is 4.79. The summed E-state index contributed by atoms with van der Waals surface area (Å²) in [5.74, 6) is -0.889. The Balaban J connectivity index is 1.67. The first-order valence-corrected chi connectivity index (χ1v) is 8.35. The molecule has 0 bridgehead atoms. The average Bonchev–Trinajstić information content (AvgIpc) is 3.02. The summed E-state index contributed by atoms with van der Waals surface area (Å²) in [6, 6.07) is -0.618. The van der Waals surface area contributed by atoms with Crippen molar-refractivity contribution in [2.45, 2.75) is 74.9 Å².